The molecule has 7 heteroatoms. The lowest BCUT2D eigenvalue weighted by Crippen LogP contribution is -2.27. The number of aryl methyl sites for hydroxylation is 1. The van der Waals surface area contributed by atoms with Crippen molar-refractivity contribution in [3.63, 3.8) is 0 Å². The number of primary sulfonamides is 1. The van der Waals surface area contributed by atoms with E-state index in [0.29, 0.717) is 6.42 Å². The first-order valence-electron chi connectivity index (χ1n) is 6.73. The zero-order valence-corrected chi connectivity index (χ0v) is 14.0. The summed E-state index contributed by atoms with van der Waals surface area (Å²) < 4.78 is 22.4. The largest absolute Gasteiger partial charge is 0.349 e. The monoisotopic (exact) mass is 338 g/mol. The molecule has 1 amide bonds. The Labute approximate surface area is 134 Å². The molecule has 2 rings (SSSR count). The van der Waals surface area contributed by atoms with Crippen molar-refractivity contribution in [3.8, 4) is 0 Å². The molecule has 1 atom stereocenters. The smallest absolute Gasteiger partial charge is 0.238 e. The van der Waals surface area contributed by atoms with Gasteiger partial charge in [0.05, 0.1) is 17.4 Å². The van der Waals surface area contributed by atoms with Crippen LogP contribution in [0.2, 0.25) is 0 Å². The molecule has 118 valence electrons. The van der Waals surface area contributed by atoms with Crippen molar-refractivity contribution in [1.82, 2.24) is 5.32 Å². The summed E-state index contributed by atoms with van der Waals surface area (Å²) in [5.41, 5.74) is 0.822. The number of nitrogens with one attached hydrogen (secondary N) is 1. The van der Waals surface area contributed by atoms with Crippen LogP contribution in [-0.4, -0.2) is 14.3 Å². The Kier molecular flexibility index (Phi) is 5.00. The average Bonchev–Trinajstić information content (AvgIpc) is 2.83. The van der Waals surface area contributed by atoms with Crippen LogP contribution < -0.4 is 10.5 Å². The van der Waals surface area contributed by atoms with Crippen molar-refractivity contribution in [2.75, 3.05) is 0 Å². The summed E-state index contributed by atoms with van der Waals surface area (Å²) in [7, 11) is -3.69. The molecule has 1 heterocycles. The molecule has 0 radical (unpaired) electrons. The third kappa shape index (κ3) is 4.40. The molecule has 0 saturated carbocycles. The number of hydrogen-bond acceptors (Lipinski definition) is 4. The Balaban J connectivity index is 1.99. The van der Waals surface area contributed by atoms with Gasteiger partial charge in [0, 0.05) is 9.75 Å². The van der Waals surface area contributed by atoms with E-state index in [0.717, 1.165) is 10.4 Å². The summed E-state index contributed by atoms with van der Waals surface area (Å²) in [6.45, 7) is 3.85. The van der Waals surface area contributed by atoms with Gasteiger partial charge in [-0.2, -0.15) is 0 Å². The lowest BCUT2D eigenvalue weighted by atomic mass is 10.1. The molecule has 1 aromatic heterocycles. The third-order valence-electron chi connectivity index (χ3n) is 3.22. The van der Waals surface area contributed by atoms with E-state index in [9.17, 15) is 13.2 Å². The van der Waals surface area contributed by atoms with E-state index in [1.807, 2.05) is 26.0 Å². The second kappa shape index (κ2) is 6.60. The quantitative estimate of drug-likeness (QED) is 0.875. The maximum absolute atomic E-state index is 12.0. The number of rotatable bonds is 5. The van der Waals surface area contributed by atoms with E-state index < -0.39 is 10.0 Å². The molecule has 5 nitrogen and oxygen atoms in total. The summed E-state index contributed by atoms with van der Waals surface area (Å²) in [6, 6.07) is 9.92. The van der Waals surface area contributed by atoms with Gasteiger partial charge < -0.3 is 5.32 Å². The molecule has 0 aliphatic heterocycles. The van der Waals surface area contributed by atoms with Crippen molar-refractivity contribution < 1.29 is 13.2 Å². The van der Waals surface area contributed by atoms with Gasteiger partial charge in [-0.25, -0.2) is 13.6 Å². The van der Waals surface area contributed by atoms with Crippen LogP contribution in [0.1, 0.15) is 28.3 Å². The zero-order chi connectivity index (χ0) is 16.3. The Hall–Kier alpha value is -1.70. The van der Waals surface area contributed by atoms with E-state index in [-0.39, 0.29) is 16.8 Å². The fourth-order valence-corrected chi connectivity index (χ4v) is 3.46. The molecule has 1 aromatic carbocycles. The number of thiophene rings is 1. The molecule has 0 aliphatic carbocycles. The van der Waals surface area contributed by atoms with Crippen molar-refractivity contribution >= 4 is 27.3 Å². The average molecular weight is 338 g/mol. The minimum atomic E-state index is -3.69. The van der Waals surface area contributed by atoms with E-state index in [1.165, 1.54) is 17.0 Å². The van der Waals surface area contributed by atoms with E-state index in [1.54, 1.807) is 23.5 Å². The number of sulfonamides is 1. The summed E-state index contributed by atoms with van der Waals surface area (Å²) >= 11 is 1.60. The fourth-order valence-electron chi connectivity index (χ4n) is 2.06. The SMILES string of the molecule is Cc1ccc(CC(=O)NC(C)c2ccc(S(N)(=O)=O)cc2)s1. The van der Waals surface area contributed by atoms with E-state index in [2.05, 4.69) is 5.32 Å². The minimum Gasteiger partial charge on any atom is -0.349 e. The van der Waals surface area contributed by atoms with Crippen molar-refractivity contribution in [2.24, 2.45) is 5.14 Å². The van der Waals surface area contributed by atoms with Crippen LogP contribution in [0.15, 0.2) is 41.3 Å². The van der Waals surface area contributed by atoms with Crippen LogP contribution in [0, 0.1) is 6.92 Å². The third-order valence-corrected chi connectivity index (χ3v) is 5.15. The van der Waals surface area contributed by atoms with Crippen LogP contribution in [0.3, 0.4) is 0 Å². The maximum Gasteiger partial charge on any atom is 0.238 e. The number of nitrogens with two attached hydrogens (primary N) is 1. The number of carbonyl (C=O) groups excluding carboxylic acids is 1. The Morgan fingerprint density at radius 2 is 1.86 bits per heavy atom. The molecule has 0 fully saturated rings. The summed E-state index contributed by atoms with van der Waals surface area (Å²) in [4.78, 5) is 14.3. The minimum absolute atomic E-state index is 0.0591. The molecule has 3 N–H and O–H groups in total. The van der Waals surface area contributed by atoms with Gasteiger partial charge in [-0.15, -0.1) is 11.3 Å². The second-order valence-electron chi connectivity index (χ2n) is 5.09. The van der Waals surface area contributed by atoms with Crippen LogP contribution in [0.25, 0.3) is 0 Å². The predicted molar refractivity (Wildman–Crippen MR) is 87.1 cm³/mol. The van der Waals surface area contributed by atoms with E-state index in [4.69, 9.17) is 5.14 Å². The van der Waals surface area contributed by atoms with Crippen molar-refractivity contribution in [2.45, 2.75) is 31.2 Å². The number of benzene rings is 1. The van der Waals surface area contributed by atoms with Gasteiger partial charge in [0.15, 0.2) is 0 Å². The molecule has 2 aromatic rings. The highest BCUT2D eigenvalue weighted by Gasteiger charge is 2.13. The highest BCUT2D eigenvalue weighted by atomic mass is 32.2. The Bertz CT molecular complexity index is 764. The predicted octanol–water partition coefficient (Wildman–Crippen LogP) is 2.12. The molecule has 0 bridgehead atoms. The molecule has 0 aliphatic rings. The molecule has 1 unspecified atom stereocenters. The Morgan fingerprint density at radius 1 is 1.23 bits per heavy atom. The molecular formula is C15H18N2O3S2. The van der Waals surface area contributed by atoms with Gasteiger partial charge in [-0.3, -0.25) is 4.79 Å². The second-order valence-corrected chi connectivity index (χ2v) is 8.03. The first-order chi connectivity index (χ1) is 10.3. The number of amides is 1. The highest BCUT2D eigenvalue weighted by molar-refractivity contribution is 7.89. The van der Waals surface area contributed by atoms with Gasteiger partial charge in [0.1, 0.15) is 0 Å². The van der Waals surface area contributed by atoms with Crippen LogP contribution in [0.4, 0.5) is 0 Å². The van der Waals surface area contributed by atoms with Gasteiger partial charge in [-0.1, -0.05) is 12.1 Å². The van der Waals surface area contributed by atoms with Crippen molar-refractivity contribution in [1.29, 1.82) is 0 Å². The van der Waals surface area contributed by atoms with Gasteiger partial charge in [0.2, 0.25) is 15.9 Å². The maximum atomic E-state index is 12.0. The zero-order valence-electron chi connectivity index (χ0n) is 12.4. The highest BCUT2D eigenvalue weighted by Crippen LogP contribution is 2.18. The summed E-state index contributed by atoms with van der Waals surface area (Å²) in [5, 5.41) is 7.95. The van der Waals surface area contributed by atoms with Gasteiger partial charge in [-0.05, 0) is 43.7 Å². The lowest BCUT2D eigenvalue weighted by Gasteiger charge is -2.14. The Morgan fingerprint density at radius 3 is 2.36 bits per heavy atom. The molecule has 0 spiro atoms. The number of carbonyl (C=O) groups is 1. The standard InChI is InChI=1S/C15H18N2O3S2/c1-10-3-6-13(21-10)9-15(18)17-11(2)12-4-7-14(8-5-12)22(16,19)20/h3-8,11H,9H2,1-2H3,(H,17,18)(H2,16,19,20). The molecule has 22 heavy (non-hydrogen) atoms. The van der Waals surface area contributed by atoms with Gasteiger partial charge in [0.25, 0.3) is 0 Å². The van der Waals surface area contributed by atoms with Crippen LogP contribution in [-0.2, 0) is 21.2 Å². The first kappa shape index (κ1) is 16.7. The van der Waals surface area contributed by atoms with Gasteiger partial charge >= 0.3 is 0 Å². The lowest BCUT2D eigenvalue weighted by molar-refractivity contribution is -0.121. The molecule has 0 saturated heterocycles. The number of hydrogen-bond donors (Lipinski definition) is 2. The first-order valence-corrected chi connectivity index (χ1v) is 9.09. The normalized spacial score (nSPS) is 12.9. The topological polar surface area (TPSA) is 89.3 Å². The van der Waals surface area contributed by atoms with Crippen molar-refractivity contribution in [3.05, 3.63) is 51.7 Å². The molecular weight excluding hydrogens is 320 g/mol. The van der Waals surface area contributed by atoms with E-state index >= 15 is 0 Å². The summed E-state index contributed by atoms with van der Waals surface area (Å²) in [5.74, 6) is -0.0649. The fraction of sp³-hybridized carbons (Fsp3) is 0.267. The van der Waals surface area contributed by atoms with Crippen LogP contribution in [0.5, 0.6) is 0 Å². The van der Waals surface area contributed by atoms with Crippen LogP contribution >= 0.6 is 11.3 Å². The summed E-state index contributed by atoms with van der Waals surface area (Å²) in [6.07, 6.45) is 0.345.